The lowest BCUT2D eigenvalue weighted by Crippen LogP contribution is -2.37. The Morgan fingerprint density at radius 1 is 0.534 bits per heavy atom. The quantitative estimate of drug-likeness (QED) is 0.0213. The van der Waals surface area contributed by atoms with Gasteiger partial charge in [-0.15, -0.1) is 0 Å². The number of hydrogen-bond donors (Lipinski definition) is 1. The molecule has 0 saturated heterocycles. The Labute approximate surface area is 356 Å². The number of likely N-dealkylation sites (N-methyl/N-ethyl adjacent to an activating group) is 1. The molecule has 0 aliphatic heterocycles. The number of hydrogen-bond acceptors (Lipinski definition) is 7. The minimum absolute atomic E-state index is 0.0248. The summed E-state index contributed by atoms with van der Waals surface area (Å²) in [5, 5.41) is 0. The first kappa shape index (κ1) is 56.0. The van der Waals surface area contributed by atoms with Gasteiger partial charge in [0.05, 0.1) is 27.7 Å². The van der Waals surface area contributed by atoms with Crippen molar-refractivity contribution >= 4 is 19.8 Å². The van der Waals surface area contributed by atoms with Crippen LogP contribution in [0.3, 0.4) is 0 Å². The molecule has 0 bridgehead atoms. The molecular formula is C48H89NO8P+. The fourth-order valence-corrected chi connectivity index (χ4v) is 6.92. The third kappa shape index (κ3) is 43.5. The van der Waals surface area contributed by atoms with E-state index in [-0.39, 0.29) is 32.0 Å². The molecule has 2 unspecified atom stereocenters. The molecule has 10 heteroatoms. The van der Waals surface area contributed by atoms with Gasteiger partial charge in [-0.25, -0.2) is 4.57 Å². The van der Waals surface area contributed by atoms with Crippen LogP contribution in [0.5, 0.6) is 0 Å². The third-order valence-corrected chi connectivity index (χ3v) is 10.8. The molecule has 0 aromatic rings. The van der Waals surface area contributed by atoms with Gasteiger partial charge in [-0.2, -0.15) is 0 Å². The van der Waals surface area contributed by atoms with Gasteiger partial charge in [0.2, 0.25) is 0 Å². The van der Waals surface area contributed by atoms with Gasteiger partial charge < -0.3 is 18.9 Å². The molecule has 0 aromatic carbocycles. The SMILES string of the molecule is CCCCC/C=C\C/C=C\C/C=C\C/C=C\CCCCCC(=O)OC(COC(=O)CCCCCCCCCCCCCCCCC)COP(=O)(O)OCC[N+](C)(C)C. The van der Waals surface area contributed by atoms with Crippen molar-refractivity contribution in [3.8, 4) is 0 Å². The molecule has 0 radical (unpaired) electrons. The van der Waals surface area contributed by atoms with E-state index in [0.717, 1.165) is 57.8 Å². The lowest BCUT2D eigenvalue weighted by molar-refractivity contribution is -0.870. The minimum atomic E-state index is -4.38. The highest BCUT2D eigenvalue weighted by atomic mass is 31.2. The molecule has 0 spiro atoms. The Bertz CT molecular complexity index is 1130. The van der Waals surface area contributed by atoms with Crippen LogP contribution < -0.4 is 0 Å². The first-order valence-electron chi connectivity index (χ1n) is 23.4. The highest BCUT2D eigenvalue weighted by Gasteiger charge is 2.27. The number of quaternary nitrogens is 1. The van der Waals surface area contributed by atoms with E-state index in [1.165, 1.54) is 103 Å². The number of phosphoric acid groups is 1. The van der Waals surface area contributed by atoms with Crippen LogP contribution >= 0.6 is 7.82 Å². The maximum atomic E-state index is 12.7. The van der Waals surface area contributed by atoms with Crippen molar-refractivity contribution < 1.29 is 42.1 Å². The van der Waals surface area contributed by atoms with E-state index >= 15 is 0 Å². The normalized spacial score (nSPS) is 14.0. The predicted molar refractivity (Wildman–Crippen MR) is 243 cm³/mol. The van der Waals surface area contributed by atoms with Crippen molar-refractivity contribution in [2.45, 2.75) is 200 Å². The zero-order valence-corrected chi connectivity index (χ0v) is 38.9. The molecule has 0 aromatic heterocycles. The number of rotatable bonds is 42. The van der Waals surface area contributed by atoms with Gasteiger partial charge >= 0.3 is 19.8 Å². The molecule has 2 atom stereocenters. The molecule has 1 N–H and O–H groups in total. The summed E-state index contributed by atoms with van der Waals surface area (Å²) in [6.45, 7) is 4.37. The molecule has 0 aliphatic carbocycles. The van der Waals surface area contributed by atoms with Gasteiger partial charge in [-0.1, -0.05) is 172 Å². The fraction of sp³-hybridized carbons (Fsp3) is 0.792. The first-order valence-corrected chi connectivity index (χ1v) is 24.9. The van der Waals surface area contributed by atoms with E-state index in [2.05, 4.69) is 62.5 Å². The molecule has 0 heterocycles. The Balaban J connectivity index is 4.39. The molecule has 338 valence electrons. The maximum Gasteiger partial charge on any atom is 0.472 e. The standard InChI is InChI=1S/C48H88NO8P/c1-6-8-10-12-14-16-18-20-22-23-24-25-27-29-31-33-35-37-39-41-48(51)57-46(45-56-58(52,53)55-43-42-49(3,4)5)44-54-47(50)40-38-36-34-32-30-28-26-21-19-17-15-13-11-9-7-2/h14,16,20,22,24-25,29,31,46H,6-13,15,17-19,21,23,26-28,30,32-45H2,1-5H3/p+1/b16-14-,22-20-,25-24-,31-29-. The predicted octanol–water partition coefficient (Wildman–Crippen LogP) is 13.5. The van der Waals surface area contributed by atoms with Gasteiger partial charge in [-0.05, 0) is 57.8 Å². The average Bonchev–Trinajstić information content (AvgIpc) is 3.17. The zero-order valence-electron chi connectivity index (χ0n) is 38.0. The second kappa shape index (κ2) is 40.4. The van der Waals surface area contributed by atoms with Crippen LogP contribution in [-0.4, -0.2) is 74.9 Å². The Morgan fingerprint density at radius 3 is 1.41 bits per heavy atom. The summed E-state index contributed by atoms with van der Waals surface area (Å²) in [4.78, 5) is 35.4. The highest BCUT2D eigenvalue weighted by Crippen LogP contribution is 2.43. The summed E-state index contributed by atoms with van der Waals surface area (Å²) in [5.74, 6) is -0.831. The van der Waals surface area contributed by atoms with Crippen molar-refractivity contribution in [2.75, 3.05) is 47.5 Å². The molecule has 0 fully saturated rings. The summed E-state index contributed by atoms with van der Waals surface area (Å²) in [7, 11) is 1.45. The van der Waals surface area contributed by atoms with Crippen LogP contribution in [0, 0.1) is 0 Å². The summed E-state index contributed by atoms with van der Waals surface area (Å²) < 4.78 is 34.3. The average molecular weight is 839 g/mol. The molecule has 0 aliphatic rings. The van der Waals surface area contributed by atoms with Crippen LogP contribution in [-0.2, 0) is 32.7 Å². The van der Waals surface area contributed by atoms with Crippen LogP contribution in [0.2, 0.25) is 0 Å². The van der Waals surface area contributed by atoms with Gasteiger partial charge in [0.15, 0.2) is 6.10 Å². The van der Waals surface area contributed by atoms with Crippen LogP contribution in [0.4, 0.5) is 0 Å². The van der Waals surface area contributed by atoms with E-state index in [4.69, 9.17) is 18.5 Å². The lowest BCUT2D eigenvalue weighted by atomic mass is 10.0. The molecule has 0 rings (SSSR count). The summed E-state index contributed by atoms with van der Waals surface area (Å²) in [6.07, 6.45) is 47.2. The number of ether oxygens (including phenoxy) is 2. The molecular weight excluding hydrogens is 750 g/mol. The molecule has 0 amide bonds. The van der Waals surface area contributed by atoms with E-state index in [1.54, 1.807) is 0 Å². The van der Waals surface area contributed by atoms with Crippen molar-refractivity contribution in [1.29, 1.82) is 0 Å². The number of esters is 2. The fourth-order valence-electron chi connectivity index (χ4n) is 6.17. The van der Waals surface area contributed by atoms with E-state index in [1.807, 2.05) is 21.1 Å². The topological polar surface area (TPSA) is 108 Å². The number of carbonyl (C=O) groups excluding carboxylic acids is 2. The smallest absolute Gasteiger partial charge is 0.462 e. The third-order valence-electron chi connectivity index (χ3n) is 9.86. The molecule has 58 heavy (non-hydrogen) atoms. The van der Waals surface area contributed by atoms with Crippen molar-refractivity contribution in [1.82, 2.24) is 0 Å². The Hall–Kier alpha value is -2.03. The largest absolute Gasteiger partial charge is 0.472 e. The van der Waals surface area contributed by atoms with Crippen LogP contribution in [0.1, 0.15) is 194 Å². The minimum Gasteiger partial charge on any atom is -0.462 e. The van der Waals surface area contributed by atoms with Gasteiger partial charge in [0.25, 0.3) is 0 Å². The van der Waals surface area contributed by atoms with Gasteiger partial charge in [-0.3, -0.25) is 18.6 Å². The molecule has 9 nitrogen and oxygen atoms in total. The van der Waals surface area contributed by atoms with E-state index in [9.17, 15) is 19.0 Å². The van der Waals surface area contributed by atoms with E-state index in [0.29, 0.717) is 17.4 Å². The van der Waals surface area contributed by atoms with Crippen molar-refractivity contribution in [2.24, 2.45) is 0 Å². The van der Waals surface area contributed by atoms with Crippen molar-refractivity contribution in [3.05, 3.63) is 48.6 Å². The second-order valence-electron chi connectivity index (χ2n) is 16.8. The number of unbranched alkanes of at least 4 members (excludes halogenated alkanes) is 20. The second-order valence-corrected chi connectivity index (χ2v) is 18.2. The van der Waals surface area contributed by atoms with Crippen molar-refractivity contribution in [3.63, 3.8) is 0 Å². The lowest BCUT2D eigenvalue weighted by Gasteiger charge is -2.24. The van der Waals surface area contributed by atoms with Crippen LogP contribution in [0.25, 0.3) is 0 Å². The molecule has 0 saturated carbocycles. The van der Waals surface area contributed by atoms with Gasteiger partial charge in [0, 0.05) is 12.8 Å². The number of allylic oxidation sites excluding steroid dienone is 8. The Morgan fingerprint density at radius 2 is 0.931 bits per heavy atom. The summed E-state index contributed by atoms with van der Waals surface area (Å²) in [5.41, 5.74) is 0. The highest BCUT2D eigenvalue weighted by molar-refractivity contribution is 7.47. The maximum absolute atomic E-state index is 12.7. The zero-order chi connectivity index (χ0) is 42.8. The monoisotopic (exact) mass is 839 g/mol. The summed E-state index contributed by atoms with van der Waals surface area (Å²) >= 11 is 0. The number of nitrogens with zero attached hydrogens (tertiary/aromatic N) is 1. The van der Waals surface area contributed by atoms with Crippen LogP contribution in [0.15, 0.2) is 48.6 Å². The van der Waals surface area contributed by atoms with Gasteiger partial charge in [0.1, 0.15) is 19.8 Å². The number of phosphoric ester groups is 1. The Kier molecular flexibility index (Phi) is 39.0. The first-order chi connectivity index (χ1) is 28.0. The summed E-state index contributed by atoms with van der Waals surface area (Å²) in [6, 6.07) is 0. The van der Waals surface area contributed by atoms with E-state index < -0.39 is 26.5 Å². The number of carbonyl (C=O) groups is 2.